The van der Waals surface area contributed by atoms with E-state index < -0.39 is 0 Å². The fourth-order valence-electron chi connectivity index (χ4n) is 7.01. The van der Waals surface area contributed by atoms with Crippen LogP contribution < -0.4 is 0 Å². The Morgan fingerprint density at radius 2 is 1.81 bits per heavy atom. The molecule has 0 amide bonds. The van der Waals surface area contributed by atoms with Crippen molar-refractivity contribution in [3.63, 3.8) is 0 Å². The van der Waals surface area contributed by atoms with Crippen LogP contribution in [0.3, 0.4) is 0 Å². The summed E-state index contributed by atoms with van der Waals surface area (Å²) in [6, 6.07) is 0. The van der Waals surface area contributed by atoms with E-state index in [1.54, 1.807) is 0 Å². The number of Topliss-reactive ketones (excluding diaryl/α,β-unsaturated/α-hetero) is 1. The van der Waals surface area contributed by atoms with Crippen LogP contribution in [0.25, 0.3) is 0 Å². The van der Waals surface area contributed by atoms with Crippen LogP contribution in [0, 0.1) is 34.5 Å². The number of rotatable bonds is 0. The van der Waals surface area contributed by atoms with E-state index in [0.29, 0.717) is 17.1 Å². The lowest BCUT2D eigenvalue weighted by Gasteiger charge is -2.60. The second-order valence-electron chi connectivity index (χ2n) is 9.00. The van der Waals surface area contributed by atoms with Gasteiger partial charge in [-0.3, -0.25) is 4.79 Å². The van der Waals surface area contributed by atoms with Gasteiger partial charge in [0, 0.05) is 11.8 Å². The van der Waals surface area contributed by atoms with Crippen LogP contribution in [-0.4, -0.2) is 17.0 Å². The highest BCUT2D eigenvalue weighted by Crippen LogP contribution is 2.65. The van der Waals surface area contributed by atoms with Gasteiger partial charge in [0.25, 0.3) is 0 Å². The van der Waals surface area contributed by atoms with Crippen LogP contribution in [0.5, 0.6) is 0 Å². The van der Waals surface area contributed by atoms with E-state index >= 15 is 0 Å². The van der Waals surface area contributed by atoms with Crippen molar-refractivity contribution >= 4 is 5.78 Å². The molecule has 2 heteroatoms. The minimum Gasteiger partial charge on any atom is -0.393 e. The molecule has 0 aromatic rings. The lowest BCUT2D eigenvalue weighted by molar-refractivity contribution is -0.142. The molecule has 0 aromatic heterocycles. The number of aliphatic hydroxyl groups excluding tert-OH is 1. The van der Waals surface area contributed by atoms with Gasteiger partial charge in [-0.05, 0) is 80.5 Å². The molecule has 4 saturated carbocycles. The summed E-state index contributed by atoms with van der Waals surface area (Å²) in [7, 11) is 0. The van der Waals surface area contributed by atoms with E-state index in [2.05, 4.69) is 13.8 Å². The van der Waals surface area contributed by atoms with Crippen molar-refractivity contribution in [2.24, 2.45) is 34.5 Å². The largest absolute Gasteiger partial charge is 0.393 e. The van der Waals surface area contributed by atoms with E-state index in [-0.39, 0.29) is 11.5 Å². The Balaban J connectivity index is 1.64. The van der Waals surface area contributed by atoms with Gasteiger partial charge in [0.05, 0.1) is 6.10 Å². The second kappa shape index (κ2) is 4.57. The number of ketones is 1. The molecule has 0 aromatic carbocycles. The van der Waals surface area contributed by atoms with Crippen LogP contribution in [0.2, 0.25) is 0 Å². The summed E-state index contributed by atoms with van der Waals surface area (Å²) in [5.74, 6) is 3.54. The van der Waals surface area contributed by atoms with Crippen LogP contribution >= 0.6 is 0 Å². The molecule has 0 bridgehead atoms. The first kappa shape index (κ1) is 14.2. The van der Waals surface area contributed by atoms with Gasteiger partial charge in [0.1, 0.15) is 5.78 Å². The molecule has 0 spiro atoms. The van der Waals surface area contributed by atoms with Gasteiger partial charge in [-0.2, -0.15) is 0 Å². The number of carbonyl (C=O) groups is 1. The molecule has 4 aliphatic rings. The lowest BCUT2D eigenvalue weighted by atomic mass is 9.45. The van der Waals surface area contributed by atoms with Crippen molar-refractivity contribution in [3.8, 4) is 0 Å². The highest BCUT2D eigenvalue weighted by Gasteiger charge is 2.60. The van der Waals surface area contributed by atoms with Crippen LogP contribution in [0.4, 0.5) is 0 Å². The average molecular weight is 290 g/mol. The fourth-order valence-corrected chi connectivity index (χ4v) is 7.01. The van der Waals surface area contributed by atoms with Gasteiger partial charge < -0.3 is 5.11 Å². The van der Waals surface area contributed by atoms with Crippen molar-refractivity contribution in [1.82, 2.24) is 0 Å². The van der Waals surface area contributed by atoms with Crippen LogP contribution in [0.1, 0.15) is 71.6 Å². The van der Waals surface area contributed by atoms with Gasteiger partial charge in [0.15, 0.2) is 0 Å². The van der Waals surface area contributed by atoms with Crippen molar-refractivity contribution < 1.29 is 9.90 Å². The summed E-state index contributed by atoms with van der Waals surface area (Å²) in [5.41, 5.74) is 0.452. The van der Waals surface area contributed by atoms with Gasteiger partial charge >= 0.3 is 0 Å². The number of hydrogen-bond donors (Lipinski definition) is 1. The normalized spacial score (nSPS) is 56.5. The Morgan fingerprint density at radius 1 is 1.00 bits per heavy atom. The smallest absolute Gasteiger partial charge is 0.139 e. The van der Waals surface area contributed by atoms with Crippen molar-refractivity contribution in [1.29, 1.82) is 0 Å². The Hall–Kier alpha value is -0.370. The van der Waals surface area contributed by atoms with E-state index in [1.807, 2.05) is 0 Å². The maximum atomic E-state index is 12.4. The standard InChI is InChI=1S/C19H30O2/c1-18-9-7-13(20)11-12(18)3-4-14-15-5-6-17(21)19(15,2)10-8-16(14)18/h12-16,20H,3-11H2,1-2H3/t12?,13?,14-,15+,16+,18-,19-/m0/s1. The third-order valence-electron chi connectivity index (χ3n) is 8.35. The first-order valence-electron chi connectivity index (χ1n) is 9.16. The topological polar surface area (TPSA) is 37.3 Å². The first-order chi connectivity index (χ1) is 9.95. The Labute approximate surface area is 128 Å². The molecule has 118 valence electrons. The molecular weight excluding hydrogens is 260 g/mol. The average Bonchev–Trinajstić information content (AvgIpc) is 2.76. The maximum Gasteiger partial charge on any atom is 0.139 e. The van der Waals surface area contributed by atoms with Crippen LogP contribution in [-0.2, 0) is 4.79 Å². The molecule has 0 radical (unpaired) electrons. The van der Waals surface area contributed by atoms with Crippen molar-refractivity contribution in [2.75, 3.05) is 0 Å². The zero-order valence-electron chi connectivity index (χ0n) is 13.6. The molecule has 0 heterocycles. The molecule has 2 unspecified atom stereocenters. The number of aliphatic hydroxyl groups is 1. The molecule has 0 aliphatic heterocycles. The molecular formula is C19H30O2. The minimum atomic E-state index is -0.0541. The number of fused-ring (bicyclic) bond motifs is 5. The van der Waals surface area contributed by atoms with E-state index in [4.69, 9.17) is 0 Å². The molecule has 21 heavy (non-hydrogen) atoms. The molecule has 2 nitrogen and oxygen atoms in total. The third-order valence-corrected chi connectivity index (χ3v) is 8.35. The predicted molar refractivity (Wildman–Crippen MR) is 82.7 cm³/mol. The predicted octanol–water partition coefficient (Wildman–Crippen LogP) is 3.96. The monoisotopic (exact) mass is 290 g/mol. The molecule has 7 atom stereocenters. The first-order valence-corrected chi connectivity index (χ1v) is 9.16. The van der Waals surface area contributed by atoms with Gasteiger partial charge in [-0.25, -0.2) is 0 Å². The maximum absolute atomic E-state index is 12.4. The van der Waals surface area contributed by atoms with E-state index in [0.717, 1.165) is 49.9 Å². The molecule has 0 saturated heterocycles. The Bertz CT molecular complexity index is 458. The van der Waals surface area contributed by atoms with Gasteiger partial charge in [-0.1, -0.05) is 13.8 Å². The van der Waals surface area contributed by atoms with E-state index in [1.165, 1.54) is 25.7 Å². The van der Waals surface area contributed by atoms with Crippen LogP contribution in [0.15, 0.2) is 0 Å². The highest BCUT2D eigenvalue weighted by molar-refractivity contribution is 5.87. The highest BCUT2D eigenvalue weighted by atomic mass is 16.3. The zero-order valence-corrected chi connectivity index (χ0v) is 13.6. The quantitative estimate of drug-likeness (QED) is 0.733. The molecule has 4 rings (SSSR count). The van der Waals surface area contributed by atoms with Gasteiger partial charge in [0.2, 0.25) is 0 Å². The van der Waals surface area contributed by atoms with Gasteiger partial charge in [-0.15, -0.1) is 0 Å². The van der Waals surface area contributed by atoms with Crippen molar-refractivity contribution in [3.05, 3.63) is 0 Å². The molecule has 4 fully saturated rings. The SMILES string of the molecule is C[C@]12CCC(O)CC1CC[C@@H]1[C@H]2CC[C@]2(C)C(=O)CC[C@H]12. The Kier molecular flexibility index (Phi) is 3.10. The molecule has 1 N–H and O–H groups in total. The molecule has 4 aliphatic carbocycles. The summed E-state index contributed by atoms with van der Waals surface area (Å²) in [5, 5.41) is 10.0. The summed E-state index contributed by atoms with van der Waals surface area (Å²) >= 11 is 0. The third kappa shape index (κ3) is 1.84. The van der Waals surface area contributed by atoms with E-state index in [9.17, 15) is 9.90 Å². The lowest BCUT2D eigenvalue weighted by Crippen LogP contribution is -2.54. The number of hydrogen-bond acceptors (Lipinski definition) is 2. The summed E-state index contributed by atoms with van der Waals surface area (Å²) in [4.78, 5) is 12.4. The summed E-state index contributed by atoms with van der Waals surface area (Å²) in [6.07, 6.45) is 10.1. The number of carbonyl (C=O) groups excluding carboxylic acids is 1. The van der Waals surface area contributed by atoms with Crippen molar-refractivity contribution in [2.45, 2.75) is 77.7 Å². The Morgan fingerprint density at radius 3 is 2.62 bits per heavy atom. The summed E-state index contributed by atoms with van der Waals surface area (Å²) in [6.45, 7) is 4.78. The second-order valence-corrected chi connectivity index (χ2v) is 9.00. The summed E-state index contributed by atoms with van der Waals surface area (Å²) < 4.78 is 0. The minimum absolute atomic E-state index is 0.0124. The zero-order chi connectivity index (χ0) is 14.8. The fraction of sp³-hybridized carbons (Fsp3) is 0.947.